The van der Waals surface area contributed by atoms with Gasteiger partial charge in [0.05, 0.1) is 0 Å². The molecule has 0 spiro atoms. The molecule has 2 heterocycles. The zero-order valence-electron chi connectivity index (χ0n) is 9.28. The largest absolute Gasteiger partial charge is 0.382 e. The van der Waals surface area contributed by atoms with Gasteiger partial charge in [0.25, 0.3) is 0 Å². The number of anilines is 1. The maximum absolute atomic E-state index is 5.79. The fourth-order valence-corrected chi connectivity index (χ4v) is 1.69. The van der Waals surface area contributed by atoms with Gasteiger partial charge in [0.15, 0.2) is 0 Å². The minimum absolute atomic E-state index is 0.0575. The Morgan fingerprint density at radius 3 is 2.60 bits per heavy atom. The van der Waals surface area contributed by atoms with Crippen molar-refractivity contribution in [3.63, 3.8) is 0 Å². The molecule has 0 aliphatic heterocycles. The molecule has 0 saturated heterocycles. The molecule has 0 unspecified atom stereocenters. The Hall–Kier alpha value is -1.64. The number of rotatable bonds is 0. The van der Waals surface area contributed by atoms with Gasteiger partial charge in [0.1, 0.15) is 11.3 Å². The third-order valence-corrected chi connectivity index (χ3v) is 2.48. The molecule has 0 amide bonds. The number of nitrogens with zero attached hydrogens (tertiary/aromatic N) is 2. The molecular formula is C12H15N3. The molecule has 2 aromatic rings. The van der Waals surface area contributed by atoms with E-state index in [-0.39, 0.29) is 5.41 Å². The summed E-state index contributed by atoms with van der Waals surface area (Å²) in [6, 6.07) is 3.97. The molecule has 0 aliphatic rings. The van der Waals surface area contributed by atoms with Crippen LogP contribution >= 0.6 is 0 Å². The minimum atomic E-state index is 0.0575. The van der Waals surface area contributed by atoms with Crippen molar-refractivity contribution in [3.8, 4) is 0 Å². The van der Waals surface area contributed by atoms with Crippen LogP contribution in [-0.4, -0.2) is 9.97 Å². The van der Waals surface area contributed by atoms with Crippen molar-refractivity contribution < 1.29 is 0 Å². The lowest BCUT2D eigenvalue weighted by Crippen LogP contribution is -2.13. The van der Waals surface area contributed by atoms with E-state index in [2.05, 4.69) is 30.7 Å². The fraction of sp³-hybridized carbons (Fsp3) is 0.333. The van der Waals surface area contributed by atoms with Gasteiger partial charge in [0, 0.05) is 17.8 Å². The number of hydrogen-bond acceptors (Lipinski definition) is 3. The summed E-state index contributed by atoms with van der Waals surface area (Å²) in [6.45, 7) is 6.48. The van der Waals surface area contributed by atoms with Crippen molar-refractivity contribution in [3.05, 3.63) is 30.1 Å². The third-order valence-electron chi connectivity index (χ3n) is 2.48. The molecule has 0 saturated carbocycles. The van der Waals surface area contributed by atoms with E-state index in [9.17, 15) is 0 Å². The second-order valence-electron chi connectivity index (χ2n) is 4.71. The molecule has 0 radical (unpaired) electrons. The summed E-state index contributed by atoms with van der Waals surface area (Å²) in [4.78, 5) is 8.46. The highest BCUT2D eigenvalue weighted by atomic mass is 14.9. The van der Waals surface area contributed by atoms with Crippen LogP contribution < -0.4 is 5.73 Å². The van der Waals surface area contributed by atoms with Crippen molar-refractivity contribution >= 4 is 16.7 Å². The number of nitrogens with two attached hydrogens (primary N) is 1. The average Bonchev–Trinajstić information content (AvgIpc) is 2.17. The summed E-state index contributed by atoms with van der Waals surface area (Å²) >= 11 is 0. The van der Waals surface area contributed by atoms with E-state index in [0.29, 0.717) is 5.82 Å². The van der Waals surface area contributed by atoms with Crippen LogP contribution in [0.1, 0.15) is 26.3 Å². The molecule has 0 aliphatic carbocycles. The molecule has 3 nitrogen and oxygen atoms in total. The Bertz CT molecular complexity index is 498. The van der Waals surface area contributed by atoms with E-state index in [1.807, 2.05) is 18.3 Å². The Morgan fingerprint density at radius 2 is 1.93 bits per heavy atom. The minimum Gasteiger partial charge on any atom is -0.382 e. The van der Waals surface area contributed by atoms with E-state index < -0.39 is 0 Å². The van der Waals surface area contributed by atoms with E-state index in [0.717, 1.165) is 10.9 Å². The van der Waals surface area contributed by atoms with Crippen LogP contribution in [0.3, 0.4) is 0 Å². The van der Waals surface area contributed by atoms with E-state index in [1.165, 1.54) is 5.56 Å². The number of hydrogen-bond donors (Lipinski definition) is 1. The molecule has 2 rings (SSSR count). The third kappa shape index (κ3) is 1.65. The van der Waals surface area contributed by atoms with E-state index in [1.54, 1.807) is 6.20 Å². The topological polar surface area (TPSA) is 51.8 Å². The number of pyridine rings is 2. The first-order valence-electron chi connectivity index (χ1n) is 5.00. The maximum atomic E-state index is 5.79. The van der Waals surface area contributed by atoms with Gasteiger partial charge >= 0.3 is 0 Å². The van der Waals surface area contributed by atoms with Crippen LogP contribution in [0, 0.1) is 0 Å². The molecule has 0 atom stereocenters. The predicted octanol–water partition coefficient (Wildman–Crippen LogP) is 2.51. The molecule has 2 N–H and O–H groups in total. The van der Waals surface area contributed by atoms with Crippen LogP contribution in [0.5, 0.6) is 0 Å². The Labute approximate surface area is 89.4 Å². The maximum Gasteiger partial charge on any atom is 0.149 e. The standard InChI is InChI=1S/C12H15N3/c1-12(2,3)9-7-15-11(13)10-8(9)5-4-6-14-10/h4-7H,1-3H3,(H2,13,15). The molecule has 78 valence electrons. The summed E-state index contributed by atoms with van der Waals surface area (Å²) in [5.41, 5.74) is 7.83. The van der Waals surface area contributed by atoms with Gasteiger partial charge < -0.3 is 5.73 Å². The smallest absolute Gasteiger partial charge is 0.149 e. The van der Waals surface area contributed by atoms with Gasteiger partial charge in [-0.2, -0.15) is 0 Å². The van der Waals surface area contributed by atoms with Gasteiger partial charge in [-0.05, 0) is 17.0 Å². The molecule has 0 aromatic carbocycles. The summed E-state index contributed by atoms with van der Waals surface area (Å²) in [7, 11) is 0. The lowest BCUT2D eigenvalue weighted by molar-refractivity contribution is 0.593. The quantitative estimate of drug-likeness (QED) is 0.712. The van der Waals surface area contributed by atoms with E-state index in [4.69, 9.17) is 5.73 Å². The van der Waals surface area contributed by atoms with Crippen molar-refractivity contribution in [2.75, 3.05) is 5.73 Å². The Balaban J connectivity index is 2.84. The lowest BCUT2D eigenvalue weighted by Gasteiger charge is -2.20. The Morgan fingerprint density at radius 1 is 1.20 bits per heavy atom. The molecule has 15 heavy (non-hydrogen) atoms. The molecule has 3 heteroatoms. The highest BCUT2D eigenvalue weighted by molar-refractivity contribution is 5.90. The van der Waals surface area contributed by atoms with Gasteiger partial charge in [-0.3, -0.25) is 4.98 Å². The molecular weight excluding hydrogens is 186 g/mol. The van der Waals surface area contributed by atoms with Gasteiger partial charge in [-0.15, -0.1) is 0 Å². The Kier molecular flexibility index (Phi) is 2.11. The van der Waals surface area contributed by atoms with Crippen LogP contribution in [0.4, 0.5) is 5.82 Å². The number of aromatic nitrogens is 2. The van der Waals surface area contributed by atoms with Gasteiger partial charge in [-0.25, -0.2) is 4.98 Å². The summed E-state index contributed by atoms with van der Waals surface area (Å²) < 4.78 is 0. The molecule has 0 bridgehead atoms. The first-order valence-corrected chi connectivity index (χ1v) is 5.00. The van der Waals surface area contributed by atoms with Crippen LogP contribution in [0.25, 0.3) is 10.9 Å². The highest BCUT2D eigenvalue weighted by Gasteiger charge is 2.18. The second-order valence-corrected chi connectivity index (χ2v) is 4.71. The zero-order valence-corrected chi connectivity index (χ0v) is 9.28. The van der Waals surface area contributed by atoms with Crippen LogP contribution in [0.15, 0.2) is 24.5 Å². The van der Waals surface area contributed by atoms with E-state index >= 15 is 0 Å². The summed E-state index contributed by atoms with van der Waals surface area (Å²) in [5.74, 6) is 0.499. The van der Waals surface area contributed by atoms with Crippen LogP contribution in [-0.2, 0) is 5.41 Å². The van der Waals surface area contributed by atoms with Crippen molar-refractivity contribution in [1.29, 1.82) is 0 Å². The summed E-state index contributed by atoms with van der Waals surface area (Å²) in [6.07, 6.45) is 3.59. The number of nitrogen functional groups attached to an aromatic ring is 1. The van der Waals surface area contributed by atoms with Gasteiger partial charge in [0.2, 0.25) is 0 Å². The van der Waals surface area contributed by atoms with Crippen molar-refractivity contribution in [2.24, 2.45) is 0 Å². The second kappa shape index (κ2) is 3.19. The zero-order chi connectivity index (χ0) is 11.1. The summed E-state index contributed by atoms with van der Waals surface area (Å²) in [5, 5.41) is 1.09. The SMILES string of the molecule is CC(C)(C)c1cnc(N)c2ncccc12. The normalized spacial score (nSPS) is 11.9. The van der Waals surface area contributed by atoms with Crippen molar-refractivity contribution in [2.45, 2.75) is 26.2 Å². The van der Waals surface area contributed by atoms with Crippen molar-refractivity contribution in [1.82, 2.24) is 9.97 Å². The highest BCUT2D eigenvalue weighted by Crippen LogP contribution is 2.29. The first kappa shape index (κ1) is 9.90. The van der Waals surface area contributed by atoms with Crippen LogP contribution in [0.2, 0.25) is 0 Å². The van der Waals surface area contributed by atoms with Gasteiger partial charge in [-0.1, -0.05) is 26.8 Å². The monoisotopic (exact) mass is 201 g/mol. The predicted molar refractivity (Wildman–Crippen MR) is 62.7 cm³/mol. The lowest BCUT2D eigenvalue weighted by atomic mass is 9.86. The fourth-order valence-electron chi connectivity index (χ4n) is 1.69. The molecule has 0 fully saturated rings. The number of fused-ring (bicyclic) bond motifs is 1. The average molecular weight is 201 g/mol. The molecule has 2 aromatic heterocycles. The first-order chi connectivity index (χ1) is 7.00.